The van der Waals surface area contributed by atoms with Crippen molar-refractivity contribution < 1.29 is 14.6 Å². The maximum atomic E-state index is 10.2. The van der Waals surface area contributed by atoms with Crippen LogP contribution in [-0.4, -0.2) is 73.6 Å². The molecule has 1 heterocycles. The van der Waals surface area contributed by atoms with Crippen molar-refractivity contribution in [2.24, 2.45) is 0 Å². The molecule has 1 saturated heterocycles. The fourth-order valence-electron chi connectivity index (χ4n) is 4.29. The number of rotatable bonds is 7. The molecule has 1 aliphatic heterocycles. The Morgan fingerprint density at radius 1 is 1.28 bits per heavy atom. The second kappa shape index (κ2) is 8.04. The Morgan fingerprint density at radius 3 is 2.84 bits per heavy atom. The molecule has 5 heteroatoms. The van der Waals surface area contributed by atoms with Crippen molar-refractivity contribution in [2.75, 3.05) is 40.9 Å². The third-order valence-corrected chi connectivity index (χ3v) is 5.81. The van der Waals surface area contributed by atoms with Crippen LogP contribution in [0.1, 0.15) is 31.2 Å². The van der Waals surface area contributed by atoms with Gasteiger partial charge in [0.15, 0.2) is 0 Å². The Morgan fingerprint density at radius 2 is 2.08 bits per heavy atom. The van der Waals surface area contributed by atoms with E-state index in [1.807, 2.05) is 13.2 Å². The first-order valence-corrected chi connectivity index (χ1v) is 9.37. The zero-order valence-electron chi connectivity index (χ0n) is 15.8. The molecular weight excluding hydrogens is 316 g/mol. The molecule has 0 radical (unpaired) electrons. The van der Waals surface area contributed by atoms with E-state index in [0.29, 0.717) is 6.61 Å². The van der Waals surface area contributed by atoms with E-state index in [4.69, 9.17) is 9.47 Å². The topological polar surface area (TPSA) is 45.2 Å². The molecule has 1 N–H and O–H groups in total. The smallest absolute Gasteiger partial charge is 0.123 e. The van der Waals surface area contributed by atoms with Gasteiger partial charge in [-0.15, -0.1) is 0 Å². The van der Waals surface area contributed by atoms with Gasteiger partial charge in [0.25, 0.3) is 0 Å². The Balaban J connectivity index is 1.70. The molecule has 2 aliphatic rings. The van der Waals surface area contributed by atoms with Gasteiger partial charge in [0, 0.05) is 38.3 Å². The molecule has 25 heavy (non-hydrogen) atoms. The number of hydrogen-bond acceptors (Lipinski definition) is 5. The molecular formula is C20H32N2O3. The Bertz CT molecular complexity index is 566. The van der Waals surface area contributed by atoms with Crippen molar-refractivity contribution in [1.82, 2.24) is 9.80 Å². The van der Waals surface area contributed by atoms with Crippen LogP contribution in [0.15, 0.2) is 24.3 Å². The minimum Gasteiger partial charge on any atom is -0.492 e. The fourth-order valence-corrected chi connectivity index (χ4v) is 4.29. The van der Waals surface area contributed by atoms with Crippen LogP contribution >= 0.6 is 0 Å². The van der Waals surface area contributed by atoms with Gasteiger partial charge in [0.05, 0.1) is 11.7 Å². The van der Waals surface area contributed by atoms with Crippen LogP contribution in [0.25, 0.3) is 0 Å². The maximum Gasteiger partial charge on any atom is 0.123 e. The van der Waals surface area contributed by atoms with Gasteiger partial charge in [-0.05, 0) is 45.8 Å². The van der Waals surface area contributed by atoms with Crippen LogP contribution in [-0.2, 0) is 11.3 Å². The number of likely N-dealkylation sites (N-methyl/N-ethyl adjacent to an activating group) is 1. The molecule has 3 rings (SSSR count). The number of hydrogen-bond donors (Lipinski definition) is 1. The van der Waals surface area contributed by atoms with Crippen molar-refractivity contribution in [3.8, 4) is 5.75 Å². The zero-order chi connectivity index (χ0) is 17.9. The van der Waals surface area contributed by atoms with Crippen LogP contribution in [0.3, 0.4) is 0 Å². The lowest BCUT2D eigenvalue weighted by atomic mass is 9.79. The van der Waals surface area contributed by atoms with Crippen molar-refractivity contribution in [3.63, 3.8) is 0 Å². The van der Waals surface area contributed by atoms with Crippen molar-refractivity contribution in [1.29, 1.82) is 0 Å². The summed E-state index contributed by atoms with van der Waals surface area (Å²) in [5.41, 5.74) is 1.13. The predicted molar refractivity (Wildman–Crippen MR) is 98.9 cm³/mol. The first kappa shape index (κ1) is 18.6. The fraction of sp³-hybridized carbons (Fsp3) is 0.700. The van der Waals surface area contributed by atoms with Crippen LogP contribution in [0.5, 0.6) is 5.75 Å². The maximum absolute atomic E-state index is 10.2. The lowest BCUT2D eigenvalue weighted by Crippen LogP contribution is -2.51. The predicted octanol–water partition coefficient (Wildman–Crippen LogP) is 2.13. The summed E-state index contributed by atoms with van der Waals surface area (Å²) in [5.74, 6) is 0.968. The molecule has 0 unspecified atom stereocenters. The van der Waals surface area contributed by atoms with Crippen LogP contribution in [0.2, 0.25) is 0 Å². The Labute approximate surface area is 151 Å². The van der Waals surface area contributed by atoms with E-state index in [9.17, 15) is 5.11 Å². The number of likely N-dealkylation sites (tertiary alicyclic amines) is 1. The Kier molecular flexibility index (Phi) is 6.00. The van der Waals surface area contributed by atoms with Gasteiger partial charge < -0.3 is 19.5 Å². The summed E-state index contributed by atoms with van der Waals surface area (Å²) >= 11 is 0. The summed E-state index contributed by atoms with van der Waals surface area (Å²) in [6.07, 6.45) is 3.44. The average molecular weight is 348 g/mol. The first-order chi connectivity index (χ1) is 12.0. The number of para-hydroxylation sites is 1. The number of aliphatic hydroxyl groups excluding tert-OH is 1. The molecule has 3 atom stereocenters. The number of fused-ring (bicyclic) bond motifs is 1. The second-order valence-corrected chi connectivity index (χ2v) is 7.69. The van der Waals surface area contributed by atoms with Gasteiger partial charge in [-0.25, -0.2) is 0 Å². The van der Waals surface area contributed by atoms with Crippen molar-refractivity contribution in [2.45, 2.75) is 50.0 Å². The molecule has 2 fully saturated rings. The van der Waals surface area contributed by atoms with Crippen LogP contribution in [0.4, 0.5) is 0 Å². The number of methoxy groups -OCH3 is 1. The highest BCUT2D eigenvalue weighted by molar-refractivity contribution is 5.33. The molecule has 140 valence electrons. The van der Waals surface area contributed by atoms with Gasteiger partial charge in [0.1, 0.15) is 12.4 Å². The Hall–Kier alpha value is -1.14. The average Bonchev–Trinajstić information content (AvgIpc) is 2.95. The van der Waals surface area contributed by atoms with Gasteiger partial charge >= 0.3 is 0 Å². The van der Waals surface area contributed by atoms with E-state index in [-0.39, 0.29) is 17.7 Å². The monoisotopic (exact) mass is 348 g/mol. The van der Waals surface area contributed by atoms with Gasteiger partial charge in [-0.2, -0.15) is 0 Å². The third-order valence-electron chi connectivity index (χ3n) is 5.81. The molecule has 1 aromatic carbocycles. The van der Waals surface area contributed by atoms with E-state index in [0.717, 1.165) is 51.1 Å². The molecule has 5 nitrogen and oxygen atoms in total. The molecule has 1 aromatic rings. The summed E-state index contributed by atoms with van der Waals surface area (Å²) in [6, 6.07) is 8.60. The molecule has 1 saturated carbocycles. The second-order valence-electron chi connectivity index (χ2n) is 7.69. The standard InChI is InChI=1S/C20H32N2O3/c1-21(2)12-13-25-18-7-5-4-6-16(18)15-22-11-10-20(24-3)9-8-17(23)14-19(20)22/h4-7,17,19,23H,8-15H2,1-3H3/t17-,19+,20-/m1/s1. The molecule has 0 bridgehead atoms. The summed E-state index contributed by atoms with van der Waals surface area (Å²) in [6.45, 7) is 3.45. The molecule has 0 spiro atoms. The largest absolute Gasteiger partial charge is 0.492 e. The van der Waals surface area contributed by atoms with Crippen molar-refractivity contribution in [3.05, 3.63) is 29.8 Å². The molecule has 0 aromatic heterocycles. The highest BCUT2D eigenvalue weighted by atomic mass is 16.5. The number of benzene rings is 1. The lowest BCUT2D eigenvalue weighted by Gasteiger charge is -2.42. The minimum atomic E-state index is -0.208. The van der Waals surface area contributed by atoms with Crippen molar-refractivity contribution >= 4 is 0 Å². The van der Waals surface area contributed by atoms with Gasteiger partial charge in [-0.1, -0.05) is 18.2 Å². The first-order valence-electron chi connectivity index (χ1n) is 9.37. The SMILES string of the molecule is CO[C@@]12CC[C@@H](O)C[C@@H]1N(Cc1ccccc1OCCN(C)C)CC2. The van der Waals surface area contributed by atoms with E-state index in [1.165, 1.54) is 5.56 Å². The summed E-state index contributed by atoms with van der Waals surface area (Å²) in [4.78, 5) is 4.60. The van der Waals surface area contributed by atoms with E-state index in [2.05, 4.69) is 42.1 Å². The number of ether oxygens (including phenoxy) is 2. The summed E-state index contributed by atoms with van der Waals surface area (Å²) in [7, 11) is 5.93. The molecule has 0 amide bonds. The third kappa shape index (κ3) is 4.17. The molecule has 1 aliphatic carbocycles. The zero-order valence-corrected chi connectivity index (χ0v) is 15.8. The summed E-state index contributed by atoms with van der Waals surface area (Å²) in [5, 5.41) is 10.2. The lowest BCUT2D eigenvalue weighted by molar-refractivity contribution is -0.0880. The van der Waals surface area contributed by atoms with E-state index in [1.54, 1.807) is 0 Å². The number of nitrogens with zero attached hydrogens (tertiary/aromatic N) is 2. The van der Waals surface area contributed by atoms with E-state index < -0.39 is 0 Å². The quantitative estimate of drug-likeness (QED) is 0.818. The minimum absolute atomic E-state index is 0.0834. The van der Waals surface area contributed by atoms with Gasteiger partial charge in [0.2, 0.25) is 0 Å². The number of aliphatic hydroxyl groups is 1. The van der Waals surface area contributed by atoms with Crippen LogP contribution < -0.4 is 4.74 Å². The van der Waals surface area contributed by atoms with Gasteiger partial charge in [-0.3, -0.25) is 4.90 Å². The van der Waals surface area contributed by atoms with E-state index >= 15 is 0 Å². The summed E-state index contributed by atoms with van der Waals surface area (Å²) < 4.78 is 12.0. The highest BCUT2D eigenvalue weighted by Gasteiger charge is 2.50. The van der Waals surface area contributed by atoms with Crippen LogP contribution in [0, 0.1) is 0 Å². The normalized spacial score (nSPS) is 29.8. The highest BCUT2D eigenvalue weighted by Crippen LogP contribution is 2.43.